The third kappa shape index (κ3) is 4.57. The van der Waals surface area contributed by atoms with Crippen molar-refractivity contribution in [1.82, 2.24) is 0 Å². The Hall–Kier alpha value is -3.91. The number of carbonyl (C=O) groups excluding carboxylic acids is 1. The Kier molecular flexibility index (Phi) is 6.75. The van der Waals surface area contributed by atoms with Crippen LogP contribution in [0.1, 0.15) is 11.1 Å². The minimum Gasteiger partial charge on any atom is -0.493 e. The molecule has 0 aliphatic heterocycles. The van der Waals surface area contributed by atoms with Gasteiger partial charge in [0.2, 0.25) is 5.75 Å². The van der Waals surface area contributed by atoms with Gasteiger partial charge in [0.25, 0.3) is 0 Å². The quantitative estimate of drug-likeness (QED) is 0.148. The Morgan fingerprint density at radius 3 is 2.20 bits per heavy atom. The molecular weight excluding hydrogens is 476 g/mol. The lowest BCUT2D eigenvalue weighted by atomic mass is 10.0. The average molecular weight is 499 g/mol. The molecule has 0 atom stereocenters. The lowest BCUT2D eigenvalue weighted by Crippen LogP contribution is -2.17. The third-order valence-electron chi connectivity index (χ3n) is 5.47. The van der Waals surface area contributed by atoms with Gasteiger partial charge in [-0.15, -0.1) is 0 Å². The highest BCUT2D eigenvalue weighted by atomic mass is 35.5. The number of carbonyl (C=O) groups is 1. The van der Waals surface area contributed by atoms with Crippen molar-refractivity contribution in [2.75, 3.05) is 27.9 Å². The molecule has 35 heavy (non-hydrogen) atoms. The van der Waals surface area contributed by atoms with Crippen molar-refractivity contribution in [2.45, 2.75) is 13.8 Å². The summed E-state index contributed by atoms with van der Waals surface area (Å²) in [7, 11) is 4.41. The van der Waals surface area contributed by atoms with Crippen LogP contribution in [0.2, 0.25) is 5.02 Å². The Morgan fingerprint density at radius 1 is 0.886 bits per heavy atom. The van der Waals surface area contributed by atoms with E-state index in [9.17, 15) is 9.59 Å². The summed E-state index contributed by atoms with van der Waals surface area (Å²) < 4.78 is 32.8. The molecule has 0 fully saturated rings. The molecule has 0 amide bonds. The van der Waals surface area contributed by atoms with E-state index in [1.807, 2.05) is 13.8 Å². The molecule has 182 valence electrons. The predicted molar refractivity (Wildman–Crippen MR) is 132 cm³/mol. The topological polar surface area (TPSA) is 93.4 Å². The van der Waals surface area contributed by atoms with E-state index in [-0.39, 0.29) is 23.3 Å². The molecule has 4 aromatic rings. The lowest BCUT2D eigenvalue weighted by Gasteiger charge is -2.15. The molecule has 8 nitrogen and oxygen atoms in total. The van der Waals surface area contributed by atoms with E-state index in [4.69, 9.17) is 39.7 Å². The van der Waals surface area contributed by atoms with Gasteiger partial charge in [0, 0.05) is 21.9 Å². The van der Waals surface area contributed by atoms with Crippen LogP contribution in [0.15, 0.2) is 45.6 Å². The first-order chi connectivity index (χ1) is 16.8. The first-order valence-electron chi connectivity index (χ1n) is 10.6. The number of hydrogen-bond acceptors (Lipinski definition) is 8. The third-order valence-corrected chi connectivity index (χ3v) is 6.07. The molecule has 0 aliphatic carbocycles. The minimum atomic E-state index is -0.623. The van der Waals surface area contributed by atoms with Crippen molar-refractivity contribution in [2.24, 2.45) is 0 Å². The molecular formula is C26H23ClO8. The molecule has 0 bridgehead atoms. The molecule has 0 radical (unpaired) electrons. The summed E-state index contributed by atoms with van der Waals surface area (Å²) in [4.78, 5) is 25.1. The van der Waals surface area contributed by atoms with Crippen LogP contribution in [-0.2, 0) is 4.79 Å². The lowest BCUT2D eigenvalue weighted by molar-refractivity contribution is -0.136. The second-order valence-corrected chi connectivity index (χ2v) is 8.13. The fourth-order valence-electron chi connectivity index (χ4n) is 3.89. The van der Waals surface area contributed by atoms with Gasteiger partial charge in [-0.1, -0.05) is 11.6 Å². The van der Waals surface area contributed by atoms with Gasteiger partial charge in [-0.25, -0.2) is 9.59 Å². The highest BCUT2D eigenvalue weighted by molar-refractivity contribution is 6.32. The van der Waals surface area contributed by atoms with E-state index < -0.39 is 11.6 Å². The van der Waals surface area contributed by atoms with Crippen molar-refractivity contribution in [3.63, 3.8) is 0 Å². The summed E-state index contributed by atoms with van der Waals surface area (Å²) in [6.45, 7) is 3.40. The number of methoxy groups -OCH3 is 3. The van der Waals surface area contributed by atoms with Crippen LogP contribution >= 0.6 is 11.6 Å². The Balaban J connectivity index is 1.65. The monoisotopic (exact) mass is 498 g/mol. The zero-order chi connectivity index (χ0) is 25.3. The van der Waals surface area contributed by atoms with Crippen LogP contribution in [0, 0.1) is 13.8 Å². The maximum absolute atomic E-state index is 12.7. The number of benzene rings is 3. The first kappa shape index (κ1) is 24.2. The second-order valence-electron chi connectivity index (χ2n) is 7.75. The molecule has 0 saturated carbocycles. The molecule has 0 aliphatic rings. The summed E-state index contributed by atoms with van der Waals surface area (Å²) >= 11 is 6.17. The molecule has 1 heterocycles. The normalized spacial score (nSPS) is 10.9. The highest BCUT2D eigenvalue weighted by Crippen LogP contribution is 2.45. The van der Waals surface area contributed by atoms with Crippen LogP contribution in [-0.4, -0.2) is 33.9 Å². The number of fused-ring (bicyclic) bond motifs is 3. The summed E-state index contributed by atoms with van der Waals surface area (Å²) in [5.74, 6) is 1.08. The molecule has 1 aromatic heterocycles. The Bertz CT molecular complexity index is 1480. The molecule has 3 aromatic carbocycles. The minimum absolute atomic E-state index is 0.191. The van der Waals surface area contributed by atoms with Crippen molar-refractivity contribution >= 4 is 39.3 Å². The van der Waals surface area contributed by atoms with Gasteiger partial charge in [0.1, 0.15) is 17.1 Å². The first-order valence-corrected chi connectivity index (χ1v) is 10.9. The summed E-state index contributed by atoms with van der Waals surface area (Å²) in [5, 5.41) is 1.98. The van der Waals surface area contributed by atoms with E-state index >= 15 is 0 Å². The van der Waals surface area contributed by atoms with E-state index in [2.05, 4.69) is 0 Å². The van der Waals surface area contributed by atoms with Crippen molar-refractivity contribution in [1.29, 1.82) is 0 Å². The largest absolute Gasteiger partial charge is 0.493 e. The Labute approximate surface area is 205 Å². The number of halogens is 1. The fourth-order valence-corrected chi connectivity index (χ4v) is 4.00. The number of rotatable bonds is 7. The molecule has 0 N–H and O–H groups in total. The smallest absolute Gasteiger partial charge is 0.349 e. The number of ether oxygens (including phenoxy) is 5. The van der Waals surface area contributed by atoms with Gasteiger partial charge in [-0.05, 0) is 55.3 Å². The number of esters is 1. The molecule has 9 heteroatoms. The van der Waals surface area contributed by atoms with Crippen LogP contribution in [0.3, 0.4) is 0 Å². The molecule has 0 unspecified atom stereocenters. The van der Waals surface area contributed by atoms with Crippen molar-refractivity contribution in [3.8, 4) is 28.7 Å². The molecule has 0 saturated heterocycles. The standard InChI is InChI=1S/C26H23ClO8/c1-13-8-16(9-14(2)23(13)27)33-12-21(28)34-15-6-7-17-19(10-15)35-26(29)18-11-20(30-3)24(31-4)25(32-5)22(17)18/h6-11H,12H2,1-5H3. The van der Waals surface area contributed by atoms with Gasteiger partial charge < -0.3 is 28.1 Å². The van der Waals surface area contributed by atoms with Crippen molar-refractivity contribution in [3.05, 3.63) is 63.0 Å². The van der Waals surface area contributed by atoms with E-state index in [1.165, 1.54) is 33.5 Å². The SMILES string of the molecule is COc1cc2c(=O)oc3cc(OC(=O)COc4cc(C)c(Cl)c(C)c4)ccc3c2c(OC)c1OC. The van der Waals surface area contributed by atoms with Crippen LogP contribution < -0.4 is 29.3 Å². The van der Waals surface area contributed by atoms with Gasteiger partial charge in [-0.3, -0.25) is 0 Å². The van der Waals surface area contributed by atoms with Gasteiger partial charge in [-0.2, -0.15) is 0 Å². The van der Waals surface area contributed by atoms with Gasteiger partial charge >= 0.3 is 11.6 Å². The highest BCUT2D eigenvalue weighted by Gasteiger charge is 2.21. The van der Waals surface area contributed by atoms with Crippen LogP contribution in [0.25, 0.3) is 21.7 Å². The maximum atomic E-state index is 12.7. The fraction of sp³-hybridized carbons (Fsp3) is 0.231. The van der Waals surface area contributed by atoms with Crippen LogP contribution in [0.4, 0.5) is 0 Å². The Morgan fingerprint density at radius 2 is 1.57 bits per heavy atom. The van der Waals surface area contributed by atoms with Crippen molar-refractivity contribution < 1.29 is 32.9 Å². The summed E-state index contributed by atoms with van der Waals surface area (Å²) in [6.07, 6.45) is 0. The average Bonchev–Trinajstić information content (AvgIpc) is 2.84. The van der Waals surface area contributed by atoms with Gasteiger partial charge in [0.05, 0.1) is 26.7 Å². The predicted octanol–water partition coefficient (Wildman–Crippen LogP) is 5.23. The zero-order valence-corrected chi connectivity index (χ0v) is 20.6. The second kappa shape index (κ2) is 9.76. The van der Waals surface area contributed by atoms with E-state index in [0.717, 1.165) is 11.1 Å². The summed E-state index contributed by atoms with van der Waals surface area (Å²) in [5.41, 5.74) is 1.29. The molecule has 4 rings (SSSR count). The number of hydrogen-bond donors (Lipinski definition) is 0. The number of aryl methyl sites for hydroxylation is 2. The maximum Gasteiger partial charge on any atom is 0.349 e. The van der Waals surface area contributed by atoms with Crippen LogP contribution in [0.5, 0.6) is 28.7 Å². The summed E-state index contributed by atoms with van der Waals surface area (Å²) in [6, 6.07) is 9.75. The van der Waals surface area contributed by atoms with E-state index in [1.54, 1.807) is 24.3 Å². The zero-order valence-electron chi connectivity index (χ0n) is 19.8. The molecule has 0 spiro atoms. The van der Waals surface area contributed by atoms with Gasteiger partial charge in [0.15, 0.2) is 18.1 Å². The van der Waals surface area contributed by atoms with E-state index in [0.29, 0.717) is 38.8 Å².